The molecule has 0 amide bonds. The molecular formula is C6H5F3N2O. The Morgan fingerprint density at radius 2 is 2.17 bits per heavy atom. The van der Waals surface area contributed by atoms with Crippen molar-refractivity contribution in [2.24, 2.45) is 0 Å². The molecule has 3 nitrogen and oxygen atoms in total. The lowest BCUT2D eigenvalue weighted by Gasteiger charge is -2.06. The van der Waals surface area contributed by atoms with Gasteiger partial charge in [0.15, 0.2) is 6.61 Å². The first-order chi connectivity index (χ1) is 5.58. The number of alkyl halides is 3. The van der Waals surface area contributed by atoms with Gasteiger partial charge >= 0.3 is 6.18 Å². The van der Waals surface area contributed by atoms with Crippen LogP contribution in [0.15, 0.2) is 18.6 Å². The van der Waals surface area contributed by atoms with E-state index in [0.717, 1.165) is 6.33 Å². The van der Waals surface area contributed by atoms with E-state index < -0.39 is 12.8 Å². The molecule has 0 radical (unpaired) electrons. The van der Waals surface area contributed by atoms with Crippen LogP contribution in [0.1, 0.15) is 0 Å². The molecule has 6 heteroatoms. The average molecular weight is 178 g/mol. The van der Waals surface area contributed by atoms with Crippen molar-refractivity contribution in [3.63, 3.8) is 0 Å². The molecule has 66 valence electrons. The molecule has 1 aromatic heterocycles. The highest BCUT2D eigenvalue weighted by Gasteiger charge is 2.28. The van der Waals surface area contributed by atoms with Crippen LogP contribution in [0.3, 0.4) is 0 Å². The molecular weight excluding hydrogens is 173 g/mol. The maximum atomic E-state index is 11.6. The fourth-order valence-electron chi connectivity index (χ4n) is 0.520. The van der Waals surface area contributed by atoms with E-state index in [9.17, 15) is 13.2 Å². The van der Waals surface area contributed by atoms with Gasteiger partial charge in [0.05, 0.1) is 0 Å². The summed E-state index contributed by atoms with van der Waals surface area (Å²) >= 11 is 0. The lowest BCUT2D eigenvalue weighted by molar-refractivity contribution is -0.154. The lowest BCUT2D eigenvalue weighted by atomic mass is 10.6. The maximum absolute atomic E-state index is 11.6. The molecule has 0 aliphatic heterocycles. The van der Waals surface area contributed by atoms with Gasteiger partial charge in [-0.2, -0.15) is 13.2 Å². The quantitative estimate of drug-likeness (QED) is 0.686. The zero-order valence-electron chi connectivity index (χ0n) is 5.88. The van der Waals surface area contributed by atoms with Gasteiger partial charge in [-0.25, -0.2) is 9.97 Å². The minimum absolute atomic E-state index is 0.0812. The van der Waals surface area contributed by atoms with Gasteiger partial charge < -0.3 is 4.74 Å². The van der Waals surface area contributed by atoms with Crippen LogP contribution in [0.2, 0.25) is 0 Å². The minimum atomic E-state index is -4.33. The highest BCUT2D eigenvalue weighted by molar-refractivity contribution is 5.04. The van der Waals surface area contributed by atoms with Gasteiger partial charge in [-0.1, -0.05) is 0 Å². The van der Waals surface area contributed by atoms with Gasteiger partial charge in [0.2, 0.25) is 5.88 Å². The number of halogens is 3. The van der Waals surface area contributed by atoms with E-state index in [1.54, 1.807) is 0 Å². The first-order valence-electron chi connectivity index (χ1n) is 3.03. The number of hydrogen-bond donors (Lipinski definition) is 0. The number of rotatable bonds is 2. The molecule has 0 aliphatic carbocycles. The highest BCUT2D eigenvalue weighted by atomic mass is 19.4. The molecule has 0 atom stereocenters. The van der Waals surface area contributed by atoms with Crippen LogP contribution in [-0.4, -0.2) is 22.8 Å². The largest absolute Gasteiger partial charge is 0.468 e. The molecule has 0 saturated carbocycles. The molecule has 0 saturated heterocycles. The Balaban J connectivity index is 2.44. The maximum Gasteiger partial charge on any atom is 0.422 e. The van der Waals surface area contributed by atoms with Crippen molar-refractivity contribution >= 4 is 0 Å². The first kappa shape index (κ1) is 8.76. The van der Waals surface area contributed by atoms with E-state index in [-0.39, 0.29) is 5.88 Å². The minimum Gasteiger partial charge on any atom is -0.468 e. The van der Waals surface area contributed by atoms with E-state index >= 15 is 0 Å². The Labute approximate surface area is 66.2 Å². The molecule has 0 aliphatic rings. The normalized spacial score (nSPS) is 11.2. The average Bonchev–Trinajstić information content (AvgIpc) is 2.02. The van der Waals surface area contributed by atoms with Crippen LogP contribution < -0.4 is 4.74 Å². The number of aromatic nitrogens is 2. The molecule has 0 aromatic carbocycles. The van der Waals surface area contributed by atoms with Gasteiger partial charge in [-0.3, -0.25) is 0 Å². The zero-order valence-corrected chi connectivity index (χ0v) is 5.88. The summed E-state index contributed by atoms with van der Waals surface area (Å²) in [5, 5.41) is 0. The van der Waals surface area contributed by atoms with E-state index in [0.29, 0.717) is 0 Å². The Morgan fingerprint density at radius 3 is 2.67 bits per heavy atom. The fourth-order valence-corrected chi connectivity index (χ4v) is 0.520. The van der Waals surface area contributed by atoms with Crippen molar-refractivity contribution in [2.45, 2.75) is 6.18 Å². The standard InChI is InChI=1S/C6H5F3N2O/c7-6(8,9)3-12-5-1-2-10-4-11-5/h1-2,4H,3H2. The molecule has 12 heavy (non-hydrogen) atoms. The second-order valence-corrected chi connectivity index (χ2v) is 1.95. The Kier molecular flexibility index (Phi) is 2.47. The van der Waals surface area contributed by atoms with Crippen molar-refractivity contribution in [1.29, 1.82) is 0 Å². The predicted molar refractivity (Wildman–Crippen MR) is 33.6 cm³/mol. The summed E-state index contributed by atoms with van der Waals surface area (Å²) in [6, 6.07) is 1.26. The summed E-state index contributed by atoms with van der Waals surface area (Å²) in [4.78, 5) is 6.97. The number of hydrogen-bond acceptors (Lipinski definition) is 3. The van der Waals surface area contributed by atoms with Crippen molar-refractivity contribution in [3.05, 3.63) is 18.6 Å². The van der Waals surface area contributed by atoms with Gasteiger partial charge in [-0.05, 0) is 0 Å². The van der Waals surface area contributed by atoms with Crippen molar-refractivity contribution in [1.82, 2.24) is 9.97 Å². The van der Waals surface area contributed by atoms with Gasteiger partial charge in [0, 0.05) is 12.3 Å². The first-order valence-corrected chi connectivity index (χ1v) is 3.03. The van der Waals surface area contributed by atoms with E-state index in [1.807, 2.05) is 0 Å². The third-order valence-electron chi connectivity index (χ3n) is 0.939. The van der Waals surface area contributed by atoms with Crippen LogP contribution in [0, 0.1) is 0 Å². The molecule has 1 rings (SSSR count). The second-order valence-electron chi connectivity index (χ2n) is 1.95. The topological polar surface area (TPSA) is 35.0 Å². The molecule has 0 unspecified atom stereocenters. The second kappa shape index (κ2) is 3.38. The van der Waals surface area contributed by atoms with E-state index in [1.165, 1.54) is 12.3 Å². The SMILES string of the molecule is FC(F)(F)COc1ccncn1. The lowest BCUT2D eigenvalue weighted by Crippen LogP contribution is -2.19. The van der Waals surface area contributed by atoms with Crippen molar-refractivity contribution in [2.75, 3.05) is 6.61 Å². The molecule has 1 heterocycles. The predicted octanol–water partition coefficient (Wildman–Crippen LogP) is 1.42. The van der Waals surface area contributed by atoms with Crippen LogP contribution in [0.4, 0.5) is 13.2 Å². The number of nitrogens with zero attached hydrogens (tertiary/aromatic N) is 2. The highest BCUT2D eigenvalue weighted by Crippen LogP contribution is 2.15. The van der Waals surface area contributed by atoms with Gasteiger partial charge in [0.25, 0.3) is 0 Å². The molecule has 1 aromatic rings. The Bertz CT molecular complexity index is 236. The van der Waals surface area contributed by atoms with Gasteiger partial charge in [-0.15, -0.1) is 0 Å². The summed E-state index contributed by atoms with van der Waals surface area (Å²) in [6.45, 7) is -1.33. The van der Waals surface area contributed by atoms with Gasteiger partial charge in [0.1, 0.15) is 6.33 Å². The Morgan fingerprint density at radius 1 is 1.42 bits per heavy atom. The molecule has 0 N–H and O–H groups in total. The third-order valence-corrected chi connectivity index (χ3v) is 0.939. The third kappa shape index (κ3) is 3.18. The van der Waals surface area contributed by atoms with Crippen LogP contribution in [0.5, 0.6) is 5.88 Å². The summed E-state index contributed by atoms with van der Waals surface area (Å²) in [5.74, 6) is -0.0812. The molecule has 0 bridgehead atoms. The van der Waals surface area contributed by atoms with Crippen molar-refractivity contribution in [3.8, 4) is 5.88 Å². The summed E-state index contributed by atoms with van der Waals surface area (Å²) in [7, 11) is 0. The smallest absolute Gasteiger partial charge is 0.422 e. The summed E-state index contributed by atoms with van der Waals surface area (Å²) in [6.07, 6.45) is -1.91. The van der Waals surface area contributed by atoms with E-state index in [2.05, 4.69) is 14.7 Å². The Hall–Kier alpha value is -1.33. The van der Waals surface area contributed by atoms with Crippen LogP contribution in [0.25, 0.3) is 0 Å². The van der Waals surface area contributed by atoms with Crippen LogP contribution >= 0.6 is 0 Å². The summed E-state index contributed by atoms with van der Waals surface area (Å²) in [5.41, 5.74) is 0. The molecule has 0 fully saturated rings. The number of ether oxygens (including phenoxy) is 1. The van der Waals surface area contributed by atoms with Crippen LogP contribution in [-0.2, 0) is 0 Å². The zero-order chi connectivity index (χ0) is 9.03. The van der Waals surface area contributed by atoms with Crippen molar-refractivity contribution < 1.29 is 17.9 Å². The fraction of sp³-hybridized carbons (Fsp3) is 0.333. The summed E-state index contributed by atoms with van der Waals surface area (Å²) < 4.78 is 39.0. The van der Waals surface area contributed by atoms with E-state index in [4.69, 9.17) is 0 Å². The molecule has 0 spiro atoms. The monoisotopic (exact) mass is 178 g/mol.